The van der Waals surface area contributed by atoms with E-state index in [-0.39, 0.29) is 6.04 Å². The second-order valence-electron chi connectivity index (χ2n) is 8.83. The van der Waals surface area contributed by atoms with Crippen LogP contribution in [0.15, 0.2) is 61.1 Å². The molecule has 2 unspecified atom stereocenters. The number of carbonyl (C=O) groups is 1. The van der Waals surface area contributed by atoms with Crippen LogP contribution in [0.25, 0.3) is 10.9 Å². The Balaban J connectivity index is 1.50. The first kappa shape index (κ1) is 20.5. The number of fused-ring (bicyclic) bond motifs is 1. The van der Waals surface area contributed by atoms with Gasteiger partial charge in [0, 0.05) is 48.6 Å². The highest BCUT2D eigenvalue weighted by Gasteiger charge is 2.31. The van der Waals surface area contributed by atoms with Gasteiger partial charge >= 0.3 is 5.97 Å². The number of nitrogens with one attached hydrogen (secondary N) is 1. The zero-order valence-corrected chi connectivity index (χ0v) is 18.5. The number of aryl methyl sites for hydroxylation is 2. The van der Waals surface area contributed by atoms with Crippen molar-refractivity contribution in [2.75, 3.05) is 6.54 Å². The van der Waals surface area contributed by atoms with E-state index in [2.05, 4.69) is 45.6 Å². The number of H-pyrrole nitrogens is 1. The number of aromatic nitrogens is 3. The predicted octanol–water partition coefficient (Wildman–Crippen LogP) is 5.26. The van der Waals surface area contributed by atoms with Crippen molar-refractivity contribution in [3.8, 4) is 0 Å². The fourth-order valence-electron chi connectivity index (χ4n) is 5.17. The molecule has 2 atom stereocenters. The molecule has 0 saturated carbocycles. The average molecular weight is 429 g/mol. The Bertz CT molecular complexity index is 1240. The third kappa shape index (κ3) is 3.71. The van der Waals surface area contributed by atoms with Crippen molar-refractivity contribution in [3.63, 3.8) is 0 Å². The summed E-state index contributed by atoms with van der Waals surface area (Å²) in [5.41, 5.74) is 6.62. The molecule has 164 valence electrons. The Morgan fingerprint density at radius 3 is 2.72 bits per heavy atom. The second kappa shape index (κ2) is 8.28. The molecular formula is C26H28N4O2. The molecule has 1 aliphatic heterocycles. The fourth-order valence-corrected chi connectivity index (χ4v) is 5.17. The average Bonchev–Trinajstić information content (AvgIpc) is 3.49. The summed E-state index contributed by atoms with van der Waals surface area (Å²) in [6, 6.07) is 14.3. The highest BCUT2D eigenvalue weighted by atomic mass is 16.4. The van der Waals surface area contributed by atoms with E-state index in [1.54, 1.807) is 12.1 Å². The molecule has 5 rings (SSSR count). The minimum atomic E-state index is -0.892. The van der Waals surface area contributed by atoms with Gasteiger partial charge in [0.2, 0.25) is 0 Å². The summed E-state index contributed by atoms with van der Waals surface area (Å²) in [6.07, 6.45) is 7.87. The number of aromatic carboxylic acids is 1. The smallest absolute Gasteiger partial charge is 0.335 e. The van der Waals surface area contributed by atoms with Crippen molar-refractivity contribution in [1.82, 2.24) is 19.7 Å². The number of rotatable bonds is 5. The maximum atomic E-state index is 11.3. The minimum absolute atomic E-state index is 0.190. The predicted molar refractivity (Wildman–Crippen MR) is 125 cm³/mol. The summed E-state index contributed by atoms with van der Waals surface area (Å²) in [4.78, 5) is 17.3. The van der Waals surface area contributed by atoms with Gasteiger partial charge in [-0.3, -0.25) is 9.58 Å². The van der Waals surface area contributed by atoms with Crippen LogP contribution >= 0.6 is 0 Å². The summed E-state index contributed by atoms with van der Waals surface area (Å²) < 4.78 is 2.07. The van der Waals surface area contributed by atoms with Crippen LogP contribution in [0.2, 0.25) is 0 Å². The molecule has 2 aromatic carbocycles. The lowest BCUT2D eigenvalue weighted by molar-refractivity contribution is 0.0696. The number of aromatic amines is 1. The van der Waals surface area contributed by atoms with Crippen molar-refractivity contribution in [2.45, 2.75) is 45.3 Å². The summed E-state index contributed by atoms with van der Waals surface area (Å²) >= 11 is 0. The minimum Gasteiger partial charge on any atom is -0.478 e. The van der Waals surface area contributed by atoms with Gasteiger partial charge in [-0.05, 0) is 73.2 Å². The van der Waals surface area contributed by atoms with Gasteiger partial charge < -0.3 is 10.1 Å². The first-order valence-corrected chi connectivity index (χ1v) is 11.1. The van der Waals surface area contributed by atoms with Crippen LogP contribution in [0, 0.1) is 13.8 Å². The summed E-state index contributed by atoms with van der Waals surface area (Å²) in [7, 11) is 0. The van der Waals surface area contributed by atoms with Gasteiger partial charge in [-0.15, -0.1) is 0 Å². The van der Waals surface area contributed by atoms with Crippen molar-refractivity contribution >= 4 is 16.9 Å². The van der Waals surface area contributed by atoms with E-state index in [9.17, 15) is 9.90 Å². The molecule has 6 heteroatoms. The van der Waals surface area contributed by atoms with E-state index >= 15 is 0 Å². The standard InChI is InChI=1S/C26H28N4O2/c1-17-14-18(2)25-22(8-11-27-25)23(17)16-29-13-9-21(30-12-3-10-28-30)15-24(29)19-4-6-20(7-5-19)26(31)32/h3-8,10-12,14,21,24,27H,9,13,15-16H2,1-2H3,(H,31,32). The molecule has 0 spiro atoms. The summed E-state index contributed by atoms with van der Waals surface area (Å²) in [6.45, 7) is 6.16. The zero-order valence-electron chi connectivity index (χ0n) is 18.5. The maximum Gasteiger partial charge on any atom is 0.335 e. The number of hydrogen-bond acceptors (Lipinski definition) is 3. The Hall–Kier alpha value is -3.38. The Morgan fingerprint density at radius 2 is 2.00 bits per heavy atom. The third-order valence-electron chi connectivity index (χ3n) is 6.86. The van der Waals surface area contributed by atoms with Crippen LogP contribution in [0.3, 0.4) is 0 Å². The van der Waals surface area contributed by atoms with E-state index in [0.29, 0.717) is 11.6 Å². The van der Waals surface area contributed by atoms with Crippen LogP contribution < -0.4 is 0 Å². The van der Waals surface area contributed by atoms with Crippen molar-refractivity contribution < 1.29 is 9.90 Å². The molecular weight excluding hydrogens is 400 g/mol. The van der Waals surface area contributed by atoms with Crippen LogP contribution in [-0.4, -0.2) is 37.3 Å². The third-order valence-corrected chi connectivity index (χ3v) is 6.86. The topological polar surface area (TPSA) is 74.2 Å². The fraction of sp³-hybridized carbons (Fsp3) is 0.308. The Morgan fingerprint density at radius 1 is 1.19 bits per heavy atom. The van der Waals surface area contributed by atoms with Gasteiger partial charge in [0.1, 0.15) is 0 Å². The summed E-state index contributed by atoms with van der Waals surface area (Å²) in [5, 5.41) is 15.1. The lowest BCUT2D eigenvalue weighted by Crippen LogP contribution is -2.37. The highest BCUT2D eigenvalue weighted by Crippen LogP contribution is 2.38. The van der Waals surface area contributed by atoms with Crippen LogP contribution in [0.4, 0.5) is 0 Å². The van der Waals surface area contributed by atoms with Crippen molar-refractivity contribution in [1.29, 1.82) is 0 Å². The molecule has 1 aliphatic rings. The Labute approximate surface area is 187 Å². The highest BCUT2D eigenvalue weighted by molar-refractivity contribution is 5.88. The molecule has 2 aromatic heterocycles. The van der Waals surface area contributed by atoms with Crippen LogP contribution in [0.1, 0.15) is 57.5 Å². The number of carboxylic acid groups (broad SMARTS) is 1. The molecule has 3 heterocycles. The molecule has 0 radical (unpaired) electrons. The lowest BCUT2D eigenvalue weighted by Gasteiger charge is -2.40. The van der Waals surface area contributed by atoms with E-state index in [0.717, 1.165) is 31.5 Å². The number of hydrogen-bond donors (Lipinski definition) is 2. The monoisotopic (exact) mass is 428 g/mol. The second-order valence-corrected chi connectivity index (χ2v) is 8.83. The first-order chi connectivity index (χ1) is 15.5. The quantitative estimate of drug-likeness (QED) is 0.455. The number of piperidine rings is 1. The molecule has 0 aliphatic carbocycles. The van der Waals surface area contributed by atoms with E-state index in [1.807, 2.05) is 36.8 Å². The van der Waals surface area contributed by atoms with Crippen LogP contribution in [-0.2, 0) is 6.54 Å². The van der Waals surface area contributed by atoms with E-state index < -0.39 is 5.97 Å². The SMILES string of the molecule is Cc1cc(C)c2[nH]ccc2c1CN1CCC(n2cccn2)CC1c1ccc(C(=O)O)cc1. The lowest BCUT2D eigenvalue weighted by atomic mass is 9.90. The van der Waals surface area contributed by atoms with Crippen molar-refractivity contribution in [3.05, 3.63) is 88.9 Å². The molecule has 0 bridgehead atoms. The summed E-state index contributed by atoms with van der Waals surface area (Å²) in [5.74, 6) is -0.892. The molecule has 1 fully saturated rings. The largest absolute Gasteiger partial charge is 0.478 e. The van der Waals surface area contributed by atoms with Gasteiger partial charge in [0.05, 0.1) is 11.6 Å². The van der Waals surface area contributed by atoms with E-state index in [1.165, 1.54) is 27.6 Å². The molecule has 32 heavy (non-hydrogen) atoms. The van der Waals surface area contributed by atoms with Crippen LogP contribution in [0.5, 0.6) is 0 Å². The van der Waals surface area contributed by atoms with Crippen molar-refractivity contribution in [2.24, 2.45) is 0 Å². The van der Waals surface area contributed by atoms with Gasteiger partial charge in [0.15, 0.2) is 0 Å². The molecule has 4 aromatic rings. The number of carboxylic acids is 1. The van der Waals surface area contributed by atoms with Gasteiger partial charge in [-0.1, -0.05) is 18.2 Å². The number of benzene rings is 2. The number of nitrogens with zero attached hydrogens (tertiary/aromatic N) is 3. The number of likely N-dealkylation sites (tertiary alicyclic amines) is 1. The van der Waals surface area contributed by atoms with Gasteiger partial charge in [-0.2, -0.15) is 5.10 Å². The zero-order chi connectivity index (χ0) is 22.2. The molecule has 6 nitrogen and oxygen atoms in total. The van der Waals surface area contributed by atoms with E-state index in [4.69, 9.17) is 0 Å². The Kier molecular flexibility index (Phi) is 5.31. The molecule has 0 amide bonds. The van der Waals surface area contributed by atoms with Gasteiger partial charge in [0.25, 0.3) is 0 Å². The maximum absolute atomic E-state index is 11.3. The normalized spacial score (nSPS) is 19.4. The van der Waals surface area contributed by atoms with Gasteiger partial charge in [-0.25, -0.2) is 4.79 Å². The molecule has 2 N–H and O–H groups in total. The molecule has 1 saturated heterocycles. The first-order valence-electron chi connectivity index (χ1n) is 11.1.